The zero-order valence-corrected chi connectivity index (χ0v) is 12.5. The van der Waals surface area contributed by atoms with Gasteiger partial charge in [0, 0.05) is 20.1 Å². The molecule has 1 aromatic carbocycles. The Morgan fingerprint density at radius 2 is 2.20 bits per heavy atom. The predicted octanol–water partition coefficient (Wildman–Crippen LogP) is 0.980. The van der Waals surface area contributed by atoms with Gasteiger partial charge in [0.1, 0.15) is 10.7 Å². The molecule has 1 aliphatic heterocycles. The highest BCUT2D eigenvalue weighted by atomic mass is 32.2. The van der Waals surface area contributed by atoms with Crippen molar-refractivity contribution in [3.05, 3.63) is 24.0 Å². The van der Waals surface area contributed by atoms with Crippen molar-refractivity contribution in [2.24, 2.45) is 5.92 Å². The lowest BCUT2D eigenvalue weighted by molar-refractivity contribution is 0.357. The lowest BCUT2D eigenvalue weighted by Crippen LogP contribution is -2.33. The zero-order chi connectivity index (χ0) is 14.9. The number of benzene rings is 1. The van der Waals surface area contributed by atoms with Gasteiger partial charge in [-0.25, -0.2) is 17.1 Å². The second-order valence-corrected chi connectivity index (χ2v) is 7.40. The van der Waals surface area contributed by atoms with Crippen LogP contribution in [-0.2, 0) is 10.0 Å². The lowest BCUT2D eigenvalue weighted by atomic mass is 10.1. The first-order valence-corrected chi connectivity index (χ1v) is 7.94. The van der Waals surface area contributed by atoms with Gasteiger partial charge < -0.3 is 10.6 Å². The molecule has 5 nitrogen and oxygen atoms in total. The van der Waals surface area contributed by atoms with E-state index in [1.807, 2.05) is 7.05 Å². The minimum atomic E-state index is -3.67. The number of sulfonamides is 1. The Hall–Kier alpha value is -1.18. The molecule has 1 saturated heterocycles. The number of rotatable bonds is 4. The number of hydrogen-bond donors (Lipinski definition) is 1. The normalized spacial score (nSPS) is 20.7. The van der Waals surface area contributed by atoms with Gasteiger partial charge in [0.2, 0.25) is 10.0 Å². The lowest BCUT2D eigenvalue weighted by Gasteiger charge is -2.21. The first kappa shape index (κ1) is 15.2. The Morgan fingerprint density at radius 1 is 1.50 bits per heavy atom. The summed E-state index contributed by atoms with van der Waals surface area (Å²) in [5.74, 6) is -0.219. The first-order chi connectivity index (χ1) is 9.30. The second-order valence-electron chi connectivity index (χ2n) is 5.38. The average Bonchev–Trinajstić information content (AvgIpc) is 2.74. The predicted molar refractivity (Wildman–Crippen MR) is 76.2 cm³/mol. The number of nitrogens with two attached hydrogens (primary N) is 1. The van der Waals surface area contributed by atoms with Crippen LogP contribution in [0.2, 0.25) is 0 Å². The van der Waals surface area contributed by atoms with E-state index in [-0.39, 0.29) is 10.6 Å². The maximum Gasteiger partial charge on any atom is 0.244 e. The zero-order valence-electron chi connectivity index (χ0n) is 11.7. The molecule has 0 radical (unpaired) electrons. The van der Waals surface area contributed by atoms with Crippen LogP contribution >= 0.6 is 0 Å². The van der Waals surface area contributed by atoms with Crippen LogP contribution in [0.1, 0.15) is 6.42 Å². The Kier molecular flexibility index (Phi) is 4.31. The van der Waals surface area contributed by atoms with Crippen LogP contribution in [0.3, 0.4) is 0 Å². The van der Waals surface area contributed by atoms with E-state index < -0.39 is 15.8 Å². The Balaban J connectivity index is 2.17. The van der Waals surface area contributed by atoms with Crippen molar-refractivity contribution in [3.8, 4) is 0 Å². The van der Waals surface area contributed by atoms with Gasteiger partial charge in [0.25, 0.3) is 0 Å². The van der Waals surface area contributed by atoms with Gasteiger partial charge in [-0.2, -0.15) is 0 Å². The molecule has 0 aromatic heterocycles. The average molecular weight is 301 g/mol. The molecule has 1 aliphatic rings. The minimum absolute atomic E-state index is 0.0345. The van der Waals surface area contributed by atoms with Crippen LogP contribution in [0, 0.1) is 11.7 Å². The summed E-state index contributed by atoms with van der Waals surface area (Å²) in [5, 5.41) is 0. The van der Waals surface area contributed by atoms with E-state index in [0.717, 1.165) is 31.6 Å². The van der Waals surface area contributed by atoms with Gasteiger partial charge in [-0.1, -0.05) is 0 Å². The first-order valence-electron chi connectivity index (χ1n) is 6.50. The minimum Gasteiger partial charge on any atom is -0.398 e. The molecule has 1 aromatic rings. The molecule has 0 bridgehead atoms. The number of hydrogen-bond acceptors (Lipinski definition) is 4. The standard InChI is InChI=1S/C13H20FN3O2S/c1-16-6-5-10(8-16)9-17(2)20(18,19)13-4-3-11(14)7-12(13)15/h3-4,7,10H,5-6,8-9,15H2,1-2H3. The summed E-state index contributed by atoms with van der Waals surface area (Å²) in [4.78, 5) is 2.14. The molecule has 0 amide bonds. The van der Waals surface area contributed by atoms with Crippen molar-refractivity contribution in [1.29, 1.82) is 0 Å². The Bertz CT molecular complexity index is 591. The molecule has 2 rings (SSSR count). The van der Waals surface area contributed by atoms with Crippen molar-refractivity contribution in [2.75, 3.05) is 39.5 Å². The Morgan fingerprint density at radius 3 is 2.75 bits per heavy atom. The van der Waals surface area contributed by atoms with Gasteiger partial charge in [0.05, 0.1) is 5.69 Å². The van der Waals surface area contributed by atoms with Crippen molar-refractivity contribution < 1.29 is 12.8 Å². The largest absolute Gasteiger partial charge is 0.398 e. The summed E-state index contributed by atoms with van der Waals surface area (Å²) in [6.07, 6.45) is 0.981. The van der Waals surface area contributed by atoms with Crippen molar-refractivity contribution in [1.82, 2.24) is 9.21 Å². The fourth-order valence-corrected chi connectivity index (χ4v) is 3.90. The van der Waals surface area contributed by atoms with Crippen LogP contribution in [0.4, 0.5) is 10.1 Å². The number of nitrogens with zero attached hydrogens (tertiary/aromatic N) is 2. The van der Waals surface area contributed by atoms with Crippen LogP contribution in [-0.4, -0.2) is 51.4 Å². The molecule has 2 N–H and O–H groups in total. The molecule has 1 atom stereocenters. The maximum atomic E-state index is 13.0. The molecule has 0 aliphatic carbocycles. The second kappa shape index (κ2) is 5.67. The van der Waals surface area contributed by atoms with E-state index in [0.29, 0.717) is 12.5 Å². The highest BCUT2D eigenvalue weighted by Crippen LogP contribution is 2.24. The van der Waals surface area contributed by atoms with Crippen molar-refractivity contribution >= 4 is 15.7 Å². The molecule has 0 saturated carbocycles. The van der Waals surface area contributed by atoms with E-state index in [9.17, 15) is 12.8 Å². The smallest absolute Gasteiger partial charge is 0.244 e. The molecule has 0 spiro atoms. The summed E-state index contributed by atoms with van der Waals surface area (Å²) >= 11 is 0. The number of likely N-dealkylation sites (tertiary alicyclic amines) is 1. The van der Waals surface area contributed by atoms with Crippen LogP contribution < -0.4 is 5.73 Å². The molecular formula is C13H20FN3O2S. The summed E-state index contributed by atoms with van der Waals surface area (Å²) < 4.78 is 39.2. The molecule has 1 unspecified atom stereocenters. The third-order valence-corrected chi connectivity index (χ3v) is 5.56. The summed E-state index contributed by atoms with van der Waals surface area (Å²) in [7, 11) is -0.110. The maximum absolute atomic E-state index is 13.0. The molecule has 112 valence electrons. The number of nitrogen functional groups attached to an aromatic ring is 1. The molecule has 1 fully saturated rings. The SMILES string of the molecule is CN1CCC(CN(C)S(=O)(=O)c2ccc(F)cc2N)C1. The molecule has 7 heteroatoms. The van der Waals surface area contributed by atoms with Crippen molar-refractivity contribution in [2.45, 2.75) is 11.3 Å². The van der Waals surface area contributed by atoms with E-state index in [2.05, 4.69) is 4.90 Å². The monoisotopic (exact) mass is 301 g/mol. The quantitative estimate of drug-likeness (QED) is 0.842. The Labute approximate surface area is 119 Å². The third-order valence-electron chi connectivity index (χ3n) is 3.66. The molecular weight excluding hydrogens is 281 g/mol. The fraction of sp³-hybridized carbons (Fsp3) is 0.538. The van der Waals surface area contributed by atoms with E-state index in [1.165, 1.54) is 17.4 Å². The van der Waals surface area contributed by atoms with Crippen molar-refractivity contribution in [3.63, 3.8) is 0 Å². The molecule has 1 heterocycles. The summed E-state index contributed by atoms with van der Waals surface area (Å²) in [6.45, 7) is 2.32. The van der Waals surface area contributed by atoms with E-state index in [4.69, 9.17) is 5.73 Å². The summed E-state index contributed by atoms with van der Waals surface area (Å²) in [5.41, 5.74) is 5.57. The van der Waals surface area contributed by atoms with Crippen LogP contribution in [0.5, 0.6) is 0 Å². The summed E-state index contributed by atoms with van der Waals surface area (Å²) in [6, 6.07) is 3.36. The van der Waals surface area contributed by atoms with E-state index in [1.54, 1.807) is 0 Å². The highest BCUT2D eigenvalue weighted by molar-refractivity contribution is 7.89. The number of halogens is 1. The number of anilines is 1. The van der Waals surface area contributed by atoms with E-state index >= 15 is 0 Å². The van der Waals surface area contributed by atoms with Gasteiger partial charge in [-0.05, 0) is 44.1 Å². The topological polar surface area (TPSA) is 66.6 Å². The van der Waals surface area contributed by atoms with Gasteiger partial charge in [-0.3, -0.25) is 0 Å². The molecule has 20 heavy (non-hydrogen) atoms. The van der Waals surface area contributed by atoms with Gasteiger partial charge >= 0.3 is 0 Å². The fourth-order valence-electron chi connectivity index (χ4n) is 2.56. The van der Waals surface area contributed by atoms with Gasteiger partial charge in [0.15, 0.2) is 0 Å². The third kappa shape index (κ3) is 3.11. The highest BCUT2D eigenvalue weighted by Gasteiger charge is 2.28. The van der Waals surface area contributed by atoms with Crippen LogP contribution in [0.15, 0.2) is 23.1 Å². The van der Waals surface area contributed by atoms with Crippen LogP contribution in [0.25, 0.3) is 0 Å². The van der Waals surface area contributed by atoms with Gasteiger partial charge in [-0.15, -0.1) is 0 Å².